The highest BCUT2D eigenvalue weighted by Crippen LogP contribution is 2.32. The Hall–Kier alpha value is -0.640. The Kier molecular flexibility index (Phi) is 4.60. The van der Waals surface area contributed by atoms with Crippen LogP contribution in [0, 0.1) is 0 Å². The van der Waals surface area contributed by atoms with Crippen LogP contribution in [0.5, 0.6) is 0 Å². The van der Waals surface area contributed by atoms with E-state index in [9.17, 15) is 5.11 Å². The van der Waals surface area contributed by atoms with Gasteiger partial charge in [0.15, 0.2) is 0 Å². The number of nitrogens with zero attached hydrogens (tertiary/aromatic N) is 1. The van der Waals surface area contributed by atoms with Crippen molar-refractivity contribution in [3.05, 3.63) is 29.0 Å². The molecule has 0 unspecified atom stereocenters. The van der Waals surface area contributed by atoms with Gasteiger partial charge in [-0.1, -0.05) is 18.5 Å². The standard InChI is InChI=1S/C14H21ClN2O/c1-2-17-12-3-6-14(18,7-4-12)9-11-5-8-16-10-13(11)15/h5,8,10,12,17-18H,2-4,6-7,9H2,1H3. The molecule has 0 atom stereocenters. The Morgan fingerprint density at radius 1 is 1.50 bits per heavy atom. The molecule has 0 amide bonds. The average Bonchev–Trinajstić information content (AvgIpc) is 2.36. The van der Waals surface area contributed by atoms with E-state index in [1.165, 1.54) is 0 Å². The molecule has 100 valence electrons. The van der Waals surface area contributed by atoms with Crippen molar-refractivity contribution >= 4 is 11.6 Å². The molecule has 1 aromatic heterocycles. The number of hydrogen-bond donors (Lipinski definition) is 2. The van der Waals surface area contributed by atoms with Gasteiger partial charge in [-0.15, -0.1) is 0 Å². The van der Waals surface area contributed by atoms with Gasteiger partial charge in [-0.2, -0.15) is 0 Å². The second-order valence-electron chi connectivity index (χ2n) is 5.20. The number of aromatic nitrogens is 1. The monoisotopic (exact) mass is 268 g/mol. The van der Waals surface area contributed by atoms with E-state index in [0.29, 0.717) is 17.5 Å². The number of pyridine rings is 1. The van der Waals surface area contributed by atoms with Gasteiger partial charge >= 0.3 is 0 Å². The first kappa shape index (κ1) is 13.8. The van der Waals surface area contributed by atoms with Crippen LogP contribution >= 0.6 is 11.6 Å². The molecule has 0 aromatic carbocycles. The van der Waals surface area contributed by atoms with Gasteiger partial charge in [0.1, 0.15) is 0 Å². The maximum atomic E-state index is 10.6. The van der Waals surface area contributed by atoms with Crippen molar-refractivity contribution in [3.63, 3.8) is 0 Å². The molecule has 0 radical (unpaired) electrons. The highest BCUT2D eigenvalue weighted by molar-refractivity contribution is 6.31. The molecule has 2 N–H and O–H groups in total. The van der Waals surface area contributed by atoms with Crippen molar-refractivity contribution in [1.82, 2.24) is 10.3 Å². The van der Waals surface area contributed by atoms with Crippen LogP contribution in [0.25, 0.3) is 0 Å². The largest absolute Gasteiger partial charge is 0.390 e. The molecule has 0 saturated heterocycles. The van der Waals surface area contributed by atoms with Crippen molar-refractivity contribution in [3.8, 4) is 0 Å². The first-order chi connectivity index (χ1) is 8.63. The SMILES string of the molecule is CCNC1CCC(O)(Cc2ccncc2Cl)CC1. The quantitative estimate of drug-likeness (QED) is 0.882. The normalized spacial score (nSPS) is 28.3. The van der Waals surface area contributed by atoms with Gasteiger partial charge in [-0.25, -0.2) is 0 Å². The minimum absolute atomic E-state index is 0.559. The highest BCUT2D eigenvalue weighted by Gasteiger charge is 2.33. The summed E-state index contributed by atoms with van der Waals surface area (Å²) in [6, 6.07) is 2.46. The predicted octanol–water partition coefficient (Wildman–Crippen LogP) is 2.56. The van der Waals surface area contributed by atoms with Crippen LogP contribution in [0.3, 0.4) is 0 Å². The number of nitrogens with one attached hydrogen (secondary N) is 1. The number of halogens is 1. The van der Waals surface area contributed by atoms with Gasteiger partial charge in [-0.05, 0) is 43.9 Å². The topological polar surface area (TPSA) is 45.1 Å². The molecule has 1 saturated carbocycles. The van der Waals surface area contributed by atoms with Crippen LogP contribution in [0.15, 0.2) is 18.5 Å². The van der Waals surface area contributed by atoms with Crippen molar-refractivity contribution in [2.45, 2.75) is 50.7 Å². The summed E-state index contributed by atoms with van der Waals surface area (Å²) in [5, 5.41) is 14.7. The van der Waals surface area contributed by atoms with E-state index in [1.54, 1.807) is 12.4 Å². The van der Waals surface area contributed by atoms with E-state index in [1.807, 2.05) is 6.07 Å². The average molecular weight is 269 g/mol. The Balaban J connectivity index is 1.96. The van der Waals surface area contributed by atoms with Crippen LogP contribution in [-0.4, -0.2) is 28.3 Å². The smallest absolute Gasteiger partial charge is 0.0689 e. The molecule has 2 rings (SSSR count). The van der Waals surface area contributed by atoms with Crippen LogP contribution < -0.4 is 5.32 Å². The summed E-state index contributed by atoms with van der Waals surface area (Å²) in [6.45, 7) is 3.12. The highest BCUT2D eigenvalue weighted by atomic mass is 35.5. The van der Waals surface area contributed by atoms with Crippen molar-refractivity contribution in [2.75, 3.05) is 6.54 Å². The summed E-state index contributed by atoms with van der Waals surface area (Å²) >= 11 is 6.10. The lowest BCUT2D eigenvalue weighted by Gasteiger charge is -2.36. The van der Waals surface area contributed by atoms with Crippen molar-refractivity contribution in [2.24, 2.45) is 0 Å². The van der Waals surface area contributed by atoms with Crippen LogP contribution in [-0.2, 0) is 6.42 Å². The third-order valence-corrected chi connectivity index (χ3v) is 4.13. The molecule has 4 heteroatoms. The molecule has 1 aliphatic rings. The Bertz CT molecular complexity index is 389. The maximum absolute atomic E-state index is 10.6. The lowest BCUT2D eigenvalue weighted by Crippen LogP contribution is -2.42. The summed E-state index contributed by atoms with van der Waals surface area (Å²) in [7, 11) is 0. The maximum Gasteiger partial charge on any atom is 0.0689 e. The van der Waals surface area contributed by atoms with Gasteiger partial charge in [0, 0.05) is 24.9 Å². The lowest BCUT2D eigenvalue weighted by molar-refractivity contribution is -0.00294. The fourth-order valence-corrected chi connectivity index (χ4v) is 2.91. The zero-order valence-corrected chi connectivity index (χ0v) is 11.6. The number of hydrogen-bond acceptors (Lipinski definition) is 3. The summed E-state index contributed by atoms with van der Waals surface area (Å²) in [5.74, 6) is 0. The summed E-state index contributed by atoms with van der Waals surface area (Å²) in [4.78, 5) is 3.97. The Labute approximate surface area is 114 Å². The first-order valence-corrected chi connectivity index (χ1v) is 7.05. The molecule has 0 bridgehead atoms. The Morgan fingerprint density at radius 2 is 2.22 bits per heavy atom. The molecule has 1 fully saturated rings. The molecule has 1 aromatic rings. The summed E-state index contributed by atoms with van der Waals surface area (Å²) in [6.07, 6.45) is 7.75. The molecule has 18 heavy (non-hydrogen) atoms. The van der Waals surface area contributed by atoms with Crippen LogP contribution in [0.1, 0.15) is 38.2 Å². The lowest BCUT2D eigenvalue weighted by atomic mass is 9.78. The third kappa shape index (κ3) is 3.44. The van der Waals surface area contributed by atoms with E-state index in [0.717, 1.165) is 37.8 Å². The van der Waals surface area contributed by atoms with Crippen LogP contribution in [0.4, 0.5) is 0 Å². The van der Waals surface area contributed by atoms with E-state index < -0.39 is 5.60 Å². The molecule has 3 nitrogen and oxygen atoms in total. The zero-order chi connectivity index (χ0) is 13.0. The van der Waals surface area contributed by atoms with E-state index in [4.69, 9.17) is 11.6 Å². The predicted molar refractivity (Wildman–Crippen MR) is 73.8 cm³/mol. The van der Waals surface area contributed by atoms with Gasteiger partial charge in [0.05, 0.1) is 10.6 Å². The van der Waals surface area contributed by atoms with E-state index in [2.05, 4.69) is 17.2 Å². The molecular formula is C14H21ClN2O. The third-order valence-electron chi connectivity index (χ3n) is 3.79. The summed E-state index contributed by atoms with van der Waals surface area (Å²) in [5.41, 5.74) is 0.396. The minimum atomic E-state index is -0.600. The fourth-order valence-electron chi connectivity index (χ4n) is 2.73. The second kappa shape index (κ2) is 6.00. The molecule has 0 aliphatic heterocycles. The first-order valence-electron chi connectivity index (χ1n) is 6.67. The second-order valence-corrected chi connectivity index (χ2v) is 5.61. The zero-order valence-electron chi connectivity index (χ0n) is 10.8. The van der Waals surface area contributed by atoms with Gasteiger partial charge in [0.2, 0.25) is 0 Å². The summed E-state index contributed by atoms with van der Waals surface area (Å²) < 4.78 is 0. The van der Waals surface area contributed by atoms with Crippen LogP contribution in [0.2, 0.25) is 5.02 Å². The molecule has 1 heterocycles. The Morgan fingerprint density at radius 3 is 2.83 bits per heavy atom. The molecular weight excluding hydrogens is 248 g/mol. The van der Waals surface area contributed by atoms with E-state index >= 15 is 0 Å². The van der Waals surface area contributed by atoms with E-state index in [-0.39, 0.29) is 0 Å². The van der Waals surface area contributed by atoms with Crippen molar-refractivity contribution in [1.29, 1.82) is 0 Å². The minimum Gasteiger partial charge on any atom is -0.390 e. The van der Waals surface area contributed by atoms with Gasteiger partial charge in [-0.3, -0.25) is 4.98 Å². The molecule has 0 spiro atoms. The van der Waals surface area contributed by atoms with Gasteiger partial charge in [0.25, 0.3) is 0 Å². The number of aliphatic hydroxyl groups is 1. The molecule has 1 aliphatic carbocycles. The van der Waals surface area contributed by atoms with Crippen molar-refractivity contribution < 1.29 is 5.11 Å². The number of rotatable bonds is 4. The fraction of sp³-hybridized carbons (Fsp3) is 0.643. The van der Waals surface area contributed by atoms with Gasteiger partial charge < -0.3 is 10.4 Å².